The number of pyridine rings is 1. The van der Waals surface area contributed by atoms with E-state index in [2.05, 4.69) is 39.3 Å². The van der Waals surface area contributed by atoms with E-state index in [1.54, 1.807) is 35.8 Å². The normalized spacial score (nSPS) is 12.8. The average Bonchev–Trinajstić information content (AvgIpc) is 3.05. The molecule has 1 aliphatic rings. The van der Waals surface area contributed by atoms with E-state index in [9.17, 15) is 9.18 Å². The molecule has 1 unspecified atom stereocenters. The van der Waals surface area contributed by atoms with E-state index >= 15 is 0 Å². The quantitative estimate of drug-likeness (QED) is 0.122. The van der Waals surface area contributed by atoms with E-state index < -0.39 is 11.7 Å². The fourth-order valence-electron chi connectivity index (χ4n) is 4.31. The Morgan fingerprint density at radius 2 is 1.77 bits per heavy atom. The second-order valence-electron chi connectivity index (χ2n) is 11.6. The van der Waals surface area contributed by atoms with Crippen LogP contribution in [0.2, 0.25) is 0 Å². The van der Waals surface area contributed by atoms with Gasteiger partial charge in [0.1, 0.15) is 12.4 Å². The fourth-order valence-corrected chi connectivity index (χ4v) is 4.31. The zero-order valence-corrected chi connectivity index (χ0v) is 29.4. The number of amides is 1. The van der Waals surface area contributed by atoms with E-state index in [0.717, 1.165) is 55.5 Å². The molecular formula is C39H54FN3O4. The molecular weight excluding hydrogens is 593 g/mol. The minimum atomic E-state index is -0.474. The predicted octanol–water partition coefficient (Wildman–Crippen LogP) is 9.94. The first-order chi connectivity index (χ1) is 22.5. The Morgan fingerprint density at radius 1 is 1.11 bits per heavy atom. The highest BCUT2D eigenvalue weighted by molar-refractivity contribution is 5.93. The van der Waals surface area contributed by atoms with Gasteiger partial charge in [0.2, 0.25) is 5.88 Å². The van der Waals surface area contributed by atoms with Crippen LogP contribution in [-0.2, 0) is 11.3 Å². The molecule has 0 saturated carbocycles. The highest BCUT2D eigenvalue weighted by Crippen LogP contribution is 2.26. The number of aryl methyl sites for hydroxylation is 2. The Balaban J connectivity index is 0.000000393. The second-order valence-corrected chi connectivity index (χ2v) is 11.6. The van der Waals surface area contributed by atoms with Crippen molar-refractivity contribution >= 4 is 5.91 Å². The van der Waals surface area contributed by atoms with Crippen molar-refractivity contribution in [2.45, 2.75) is 112 Å². The molecule has 2 N–H and O–H groups in total. The van der Waals surface area contributed by atoms with Gasteiger partial charge in [0.25, 0.3) is 5.91 Å². The van der Waals surface area contributed by atoms with Crippen LogP contribution in [0.25, 0.3) is 0 Å². The van der Waals surface area contributed by atoms with Crippen molar-refractivity contribution in [3.63, 3.8) is 0 Å². The van der Waals surface area contributed by atoms with E-state index in [4.69, 9.17) is 19.9 Å². The van der Waals surface area contributed by atoms with Gasteiger partial charge in [0.15, 0.2) is 0 Å². The van der Waals surface area contributed by atoms with Gasteiger partial charge in [-0.25, -0.2) is 14.9 Å². The molecule has 256 valence electrons. The highest BCUT2D eigenvalue weighted by atomic mass is 19.1. The van der Waals surface area contributed by atoms with Crippen LogP contribution in [0.4, 0.5) is 4.39 Å². The number of ether oxygens (including phenoxy) is 2. The van der Waals surface area contributed by atoms with Crippen molar-refractivity contribution in [3.8, 4) is 11.9 Å². The van der Waals surface area contributed by atoms with Crippen LogP contribution in [0.5, 0.6) is 5.88 Å². The summed E-state index contributed by atoms with van der Waals surface area (Å²) in [5.74, 6) is 0.0433. The number of hydrogen-bond acceptors (Lipinski definition) is 6. The first-order valence-corrected chi connectivity index (χ1v) is 16.6. The molecule has 0 aliphatic carbocycles. The van der Waals surface area contributed by atoms with E-state index in [-0.39, 0.29) is 6.61 Å². The van der Waals surface area contributed by atoms with Gasteiger partial charge >= 0.3 is 0 Å². The average molecular weight is 648 g/mol. The number of carbonyl (C=O) groups is 1. The Labute approximate surface area is 281 Å². The van der Waals surface area contributed by atoms with Gasteiger partial charge in [-0.2, -0.15) is 5.26 Å². The highest BCUT2D eigenvalue weighted by Gasteiger charge is 2.14. The largest absolute Gasteiger partial charge is 0.473 e. The maximum Gasteiger partial charge on any atom is 0.274 e. The summed E-state index contributed by atoms with van der Waals surface area (Å²) in [6.07, 6.45) is 8.66. The van der Waals surface area contributed by atoms with Gasteiger partial charge in [-0.1, -0.05) is 64.3 Å². The fraction of sp³-hybridized carbons (Fsp3) is 0.462. The molecule has 3 aromatic rings. The number of nitrogens with one attached hydrogen (secondary N) is 1. The minimum absolute atomic E-state index is 0.0974. The molecule has 47 heavy (non-hydrogen) atoms. The summed E-state index contributed by atoms with van der Waals surface area (Å²) < 4.78 is 24.6. The number of benzene rings is 2. The number of nitrogens with zero attached hydrogens (tertiary/aromatic N) is 2. The lowest BCUT2D eigenvalue weighted by Crippen LogP contribution is -2.25. The number of hydroxylamine groups is 1. The summed E-state index contributed by atoms with van der Waals surface area (Å²) in [7, 11) is 0. The molecule has 8 heteroatoms. The van der Waals surface area contributed by atoms with Crippen LogP contribution in [0, 0.1) is 31.0 Å². The van der Waals surface area contributed by atoms with Gasteiger partial charge in [0, 0.05) is 35.4 Å². The summed E-state index contributed by atoms with van der Waals surface area (Å²) in [6, 6.07) is 17.3. The molecule has 7 nitrogen and oxygen atoms in total. The first-order valence-electron chi connectivity index (χ1n) is 16.6. The molecule has 2 aromatic carbocycles. The van der Waals surface area contributed by atoms with Crippen molar-refractivity contribution in [2.24, 2.45) is 0 Å². The van der Waals surface area contributed by atoms with Crippen molar-refractivity contribution in [1.82, 2.24) is 10.5 Å². The number of carbonyl (C=O) groups excluding carboxylic acids is 1. The van der Waals surface area contributed by atoms with Gasteiger partial charge in [-0.15, -0.1) is 6.58 Å². The van der Waals surface area contributed by atoms with Crippen LogP contribution >= 0.6 is 0 Å². The van der Waals surface area contributed by atoms with Crippen molar-refractivity contribution in [3.05, 3.63) is 106 Å². The van der Waals surface area contributed by atoms with Gasteiger partial charge in [-0.05, 0) is 94.3 Å². The third kappa shape index (κ3) is 15.9. The molecule has 1 aromatic heterocycles. The zero-order chi connectivity index (χ0) is 35.2. The standard InChI is InChI=1S/C20H23FN2O.C9H11NO2.C5H10O.C5H10/c1-3-6-16(7-4-2)19-8-5-9-20(23-19)24-14-17-11-10-15(13-22)12-18(17)21;1-6-3-4-8(5-7(6)2)9(11)10-12;1-2-5-3-4-6-5;1-4-5(2)3/h5,8-12,16H,3-4,6-7,14H2,1-2H3;3-5,12H,1-2H3,(H,10,11);5H,2-4H2,1H3;2,4H2,1,3H3. The summed E-state index contributed by atoms with van der Waals surface area (Å²) in [5.41, 5.74) is 7.24. The van der Waals surface area contributed by atoms with Crippen LogP contribution < -0.4 is 10.2 Å². The minimum Gasteiger partial charge on any atom is -0.473 e. The molecule has 0 spiro atoms. The van der Waals surface area contributed by atoms with E-state index in [0.29, 0.717) is 34.6 Å². The van der Waals surface area contributed by atoms with E-state index in [1.807, 2.05) is 45.0 Å². The molecule has 0 radical (unpaired) electrons. The number of aromatic nitrogens is 1. The predicted molar refractivity (Wildman–Crippen MR) is 187 cm³/mol. The topological polar surface area (TPSA) is 104 Å². The van der Waals surface area contributed by atoms with E-state index in [1.165, 1.54) is 24.5 Å². The molecule has 1 amide bonds. The number of nitriles is 1. The summed E-state index contributed by atoms with van der Waals surface area (Å²) in [5, 5.41) is 17.1. The smallest absolute Gasteiger partial charge is 0.274 e. The first kappa shape index (κ1) is 41.0. The Morgan fingerprint density at radius 3 is 2.21 bits per heavy atom. The Hall–Kier alpha value is -4.06. The lowest BCUT2D eigenvalue weighted by Gasteiger charge is -2.24. The Kier molecular flexibility index (Phi) is 20.3. The lowest BCUT2D eigenvalue weighted by atomic mass is 9.94. The number of hydrogen-bond donors (Lipinski definition) is 2. The molecule has 1 fully saturated rings. The van der Waals surface area contributed by atoms with Crippen LogP contribution in [0.1, 0.15) is 124 Å². The zero-order valence-electron chi connectivity index (χ0n) is 29.4. The summed E-state index contributed by atoms with van der Waals surface area (Å²) >= 11 is 0. The van der Waals surface area contributed by atoms with Crippen LogP contribution in [0.3, 0.4) is 0 Å². The SMILES string of the molecule is C=C(C)CC.CCC1CCO1.CCCC(CCC)c1cccc(OCc2ccc(C#N)cc2F)n1.Cc1ccc(C(=O)NO)cc1C. The number of allylic oxidation sites excluding steroid dienone is 1. The molecule has 1 saturated heterocycles. The third-order valence-corrected chi connectivity index (χ3v) is 7.72. The maximum atomic E-state index is 13.9. The molecule has 1 aliphatic heterocycles. The molecule has 4 rings (SSSR count). The molecule has 2 heterocycles. The number of halogens is 1. The van der Waals surface area contributed by atoms with Crippen molar-refractivity contribution in [1.29, 1.82) is 5.26 Å². The van der Waals surface area contributed by atoms with Gasteiger partial charge in [0.05, 0.1) is 17.7 Å². The summed E-state index contributed by atoms with van der Waals surface area (Å²) in [6.45, 7) is 19.3. The maximum absolute atomic E-state index is 13.9. The third-order valence-electron chi connectivity index (χ3n) is 7.72. The monoisotopic (exact) mass is 647 g/mol. The molecule has 0 bridgehead atoms. The van der Waals surface area contributed by atoms with Crippen molar-refractivity contribution < 1.29 is 23.9 Å². The number of rotatable bonds is 11. The van der Waals surface area contributed by atoms with Gasteiger partial charge in [-0.3, -0.25) is 10.0 Å². The van der Waals surface area contributed by atoms with Gasteiger partial charge < -0.3 is 9.47 Å². The van der Waals surface area contributed by atoms with Crippen LogP contribution in [0.15, 0.2) is 66.7 Å². The Bertz CT molecular complexity index is 1410. The van der Waals surface area contributed by atoms with Crippen molar-refractivity contribution in [2.75, 3.05) is 6.61 Å². The molecule has 1 atom stereocenters. The lowest BCUT2D eigenvalue weighted by molar-refractivity contribution is -0.0516. The second kappa shape index (κ2) is 23.3. The van der Waals surface area contributed by atoms with Crippen LogP contribution in [-0.4, -0.2) is 28.8 Å². The summed E-state index contributed by atoms with van der Waals surface area (Å²) in [4.78, 5) is 15.5.